The van der Waals surface area contributed by atoms with E-state index in [4.69, 9.17) is 17.3 Å². The second-order valence-electron chi connectivity index (χ2n) is 2.47. The largest absolute Gasteiger partial charge is 0.574 e. The third-order valence-electron chi connectivity index (χ3n) is 1.43. The van der Waals surface area contributed by atoms with Gasteiger partial charge in [-0.25, -0.2) is 4.98 Å². The third-order valence-corrected chi connectivity index (χ3v) is 2.83. The fourth-order valence-corrected chi connectivity index (χ4v) is 1.45. The van der Waals surface area contributed by atoms with E-state index in [0.29, 0.717) is 5.56 Å². The van der Waals surface area contributed by atoms with E-state index in [-0.39, 0.29) is 16.0 Å². The van der Waals surface area contributed by atoms with Crippen molar-refractivity contribution in [3.63, 3.8) is 0 Å². The summed E-state index contributed by atoms with van der Waals surface area (Å²) in [6.07, 6.45) is -3.67. The van der Waals surface area contributed by atoms with Gasteiger partial charge in [-0.2, -0.15) is 0 Å². The van der Waals surface area contributed by atoms with E-state index in [1.807, 2.05) is 0 Å². The number of hydrogen-bond donors (Lipinski definition) is 1. The Labute approximate surface area is 96.5 Å². The average Bonchev–Trinajstić information content (AvgIpc) is 2.11. The second-order valence-corrected chi connectivity index (χ2v) is 3.64. The maximum atomic E-state index is 11.9. The quantitative estimate of drug-likeness (QED) is 0.914. The van der Waals surface area contributed by atoms with Crippen LogP contribution in [0.4, 0.5) is 13.2 Å². The number of halogens is 5. The van der Waals surface area contributed by atoms with Gasteiger partial charge in [-0.1, -0.05) is 11.6 Å². The van der Waals surface area contributed by atoms with Crippen LogP contribution in [-0.4, -0.2) is 11.3 Å². The minimum Gasteiger partial charge on any atom is -0.387 e. The number of alkyl halides is 3. The molecule has 0 saturated carbocycles. The van der Waals surface area contributed by atoms with Crippen LogP contribution in [0.1, 0.15) is 5.56 Å². The van der Waals surface area contributed by atoms with E-state index in [1.54, 1.807) is 0 Å². The number of hydrogen-bond acceptors (Lipinski definition) is 3. The number of ether oxygens (including phenoxy) is 1. The van der Waals surface area contributed by atoms with Gasteiger partial charge in [0.2, 0.25) is 5.88 Å². The molecule has 0 amide bonds. The summed E-state index contributed by atoms with van der Waals surface area (Å²) >= 11 is 8.56. The molecule has 0 saturated heterocycles. The lowest BCUT2D eigenvalue weighted by molar-refractivity contribution is -0.276. The molecule has 0 aromatic carbocycles. The van der Waals surface area contributed by atoms with E-state index in [9.17, 15) is 13.2 Å². The van der Waals surface area contributed by atoms with Gasteiger partial charge >= 0.3 is 6.36 Å². The molecular formula is C7H5BrClF3N2O. The van der Waals surface area contributed by atoms with Crippen LogP contribution in [0.5, 0.6) is 5.88 Å². The zero-order valence-corrected chi connectivity index (χ0v) is 9.45. The van der Waals surface area contributed by atoms with Crippen molar-refractivity contribution in [3.05, 3.63) is 21.3 Å². The summed E-state index contributed by atoms with van der Waals surface area (Å²) in [6.45, 7) is 0.0801. The normalized spacial score (nSPS) is 11.6. The first-order valence-corrected chi connectivity index (χ1v) is 4.81. The zero-order chi connectivity index (χ0) is 11.6. The van der Waals surface area contributed by atoms with E-state index in [0.717, 1.165) is 6.20 Å². The molecule has 84 valence electrons. The van der Waals surface area contributed by atoms with E-state index in [1.165, 1.54) is 0 Å². The molecule has 0 aliphatic carbocycles. The highest BCUT2D eigenvalue weighted by molar-refractivity contribution is 9.10. The summed E-state index contributed by atoms with van der Waals surface area (Å²) in [5.41, 5.74) is 5.72. The van der Waals surface area contributed by atoms with Gasteiger partial charge in [0.1, 0.15) is 0 Å². The van der Waals surface area contributed by atoms with Gasteiger partial charge < -0.3 is 10.5 Å². The topological polar surface area (TPSA) is 48.1 Å². The molecule has 0 fully saturated rings. The van der Waals surface area contributed by atoms with Crippen LogP contribution >= 0.6 is 27.5 Å². The number of rotatable bonds is 2. The fraction of sp³-hybridized carbons (Fsp3) is 0.286. The first kappa shape index (κ1) is 12.5. The molecule has 1 aromatic heterocycles. The van der Waals surface area contributed by atoms with Crippen LogP contribution in [0.25, 0.3) is 0 Å². The van der Waals surface area contributed by atoms with Crippen molar-refractivity contribution < 1.29 is 17.9 Å². The second kappa shape index (κ2) is 4.54. The molecule has 0 radical (unpaired) electrons. The lowest BCUT2D eigenvalue weighted by atomic mass is 10.3. The van der Waals surface area contributed by atoms with Crippen LogP contribution in [-0.2, 0) is 6.54 Å². The molecule has 2 N–H and O–H groups in total. The third kappa shape index (κ3) is 3.22. The zero-order valence-electron chi connectivity index (χ0n) is 7.11. The molecule has 8 heteroatoms. The van der Waals surface area contributed by atoms with E-state index in [2.05, 4.69) is 25.7 Å². The summed E-state index contributed by atoms with van der Waals surface area (Å²) in [5, 5.41) is 0.0618. The van der Waals surface area contributed by atoms with Crippen LogP contribution in [0.2, 0.25) is 5.02 Å². The van der Waals surface area contributed by atoms with Gasteiger partial charge in [0.15, 0.2) is 0 Å². The van der Waals surface area contributed by atoms with Crippen LogP contribution < -0.4 is 10.5 Å². The molecule has 15 heavy (non-hydrogen) atoms. The van der Waals surface area contributed by atoms with E-state index < -0.39 is 12.2 Å². The first-order valence-electron chi connectivity index (χ1n) is 3.64. The Hall–Kier alpha value is -0.530. The Morgan fingerprint density at radius 2 is 2.13 bits per heavy atom. The van der Waals surface area contributed by atoms with Gasteiger partial charge in [-0.3, -0.25) is 0 Å². The lowest BCUT2D eigenvalue weighted by Gasteiger charge is -2.11. The minimum atomic E-state index is -4.80. The Balaban J connectivity index is 3.07. The maximum absolute atomic E-state index is 11.9. The smallest absolute Gasteiger partial charge is 0.387 e. The van der Waals surface area contributed by atoms with Crippen molar-refractivity contribution >= 4 is 27.5 Å². The van der Waals surface area contributed by atoms with Crippen molar-refractivity contribution in [3.8, 4) is 5.88 Å². The predicted octanol–water partition coefficient (Wildman–Crippen LogP) is 2.85. The molecule has 1 heterocycles. The summed E-state index contributed by atoms with van der Waals surface area (Å²) in [6, 6.07) is 0. The molecule has 0 aliphatic heterocycles. The Morgan fingerprint density at radius 3 is 2.60 bits per heavy atom. The first-order chi connectivity index (χ1) is 6.85. The van der Waals surface area contributed by atoms with Crippen LogP contribution in [0.3, 0.4) is 0 Å². The van der Waals surface area contributed by atoms with Crippen molar-refractivity contribution in [1.82, 2.24) is 4.98 Å². The summed E-state index contributed by atoms with van der Waals surface area (Å²) < 4.78 is 39.2. The predicted molar refractivity (Wildman–Crippen MR) is 51.5 cm³/mol. The number of pyridine rings is 1. The summed E-state index contributed by atoms with van der Waals surface area (Å²) in [4.78, 5) is 3.44. The summed E-state index contributed by atoms with van der Waals surface area (Å²) in [7, 11) is 0. The standard InChI is InChI=1S/C7H5BrClF3N2O/c8-4-5(9)3(1-13)2-14-6(4)15-7(10,11)12/h2H,1,13H2. The molecule has 0 bridgehead atoms. The van der Waals surface area contributed by atoms with Gasteiger partial charge in [-0.05, 0) is 15.9 Å². The number of aromatic nitrogens is 1. The van der Waals surface area contributed by atoms with Crippen molar-refractivity contribution in [1.29, 1.82) is 0 Å². The number of nitrogens with two attached hydrogens (primary N) is 1. The molecule has 0 atom stereocenters. The lowest BCUT2D eigenvalue weighted by Crippen LogP contribution is -2.18. The van der Waals surface area contributed by atoms with Crippen molar-refractivity contribution in [2.24, 2.45) is 5.73 Å². The van der Waals surface area contributed by atoms with Crippen LogP contribution in [0, 0.1) is 0 Å². The van der Waals surface area contributed by atoms with Crippen LogP contribution in [0.15, 0.2) is 10.7 Å². The van der Waals surface area contributed by atoms with Gasteiger partial charge in [0.05, 0.1) is 9.50 Å². The highest BCUT2D eigenvalue weighted by Crippen LogP contribution is 2.35. The highest BCUT2D eigenvalue weighted by atomic mass is 79.9. The van der Waals surface area contributed by atoms with Gasteiger partial charge in [-0.15, -0.1) is 13.2 Å². The Kier molecular flexibility index (Phi) is 3.80. The van der Waals surface area contributed by atoms with Crippen molar-refractivity contribution in [2.45, 2.75) is 12.9 Å². The van der Waals surface area contributed by atoms with Gasteiger partial charge in [0.25, 0.3) is 0 Å². The molecule has 3 nitrogen and oxygen atoms in total. The van der Waals surface area contributed by atoms with Gasteiger partial charge in [0, 0.05) is 18.3 Å². The fourth-order valence-electron chi connectivity index (χ4n) is 0.808. The molecule has 0 unspecified atom stereocenters. The molecule has 0 spiro atoms. The SMILES string of the molecule is NCc1cnc(OC(F)(F)F)c(Br)c1Cl. The summed E-state index contributed by atoms with van der Waals surface area (Å²) in [5.74, 6) is -0.635. The minimum absolute atomic E-state index is 0.0618. The molecule has 0 aliphatic rings. The molecule has 1 aromatic rings. The van der Waals surface area contributed by atoms with Crippen molar-refractivity contribution in [2.75, 3.05) is 0 Å². The van der Waals surface area contributed by atoms with E-state index >= 15 is 0 Å². The molecular weight excluding hydrogens is 300 g/mol. The Bertz CT molecular complexity index is 372. The number of nitrogens with zero attached hydrogens (tertiary/aromatic N) is 1. The average molecular weight is 305 g/mol. The highest BCUT2D eigenvalue weighted by Gasteiger charge is 2.33. The maximum Gasteiger partial charge on any atom is 0.574 e. The molecule has 1 rings (SSSR count). The monoisotopic (exact) mass is 304 g/mol. The Morgan fingerprint density at radius 1 is 1.53 bits per heavy atom.